The molecule has 0 saturated carbocycles. The zero-order valence-corrected chi connectivity index (χ0v) is 12.6. The number of nitrogens with one attached hydrogen (secondary N) is 1. The van der Waals surface area contributed by atoms with Gasteiger partial charge in [0.1, 0.15) is 5.82 Å². The van der Waals surface area contributed by atoms with Gasteiger partial charge in [-0.3, -0.25) is 0 Å². The maximum Gasteiger partial charge on any atom is 0.340 e. The van der Waals surface area contributed by atoms with Crippen LogP contribution in [0.15, 0.2) is 12.3 Å². The number of ether oxygens (including phenoxy) is 3. The van der Waals surface area contributed by atoms with Crippen LogP contribution in [0.3, 0.4) is 0 Å². The number of aromatic nitrogens is 1. The van der Waals surface area contributed by atoms with Gasteiger partial charge < -0.3 is 25.3 Å². The van der Waals surface area contributed by atoms with Crippen LogP contribution >= 0.6 is 0 Å². The quantitative estimate of drug-likeness (QED) is 0.496. The molecule has 0 aliphatic carbocycles. The van der Waals surface area contributed by atoms with E-state index in [2.05, 4.69) is 15.0 Å². The van der Waals surface area contributed by atoms with Crippen LogP contribution in [0.4, 0.5) is 11.5 Å². The lowest BCUT2D eigenvalue weighted by molar-refractivity contribution is 0.0602. The molecule has 0 saturated heterocycles. The van der Waals surface area contributed by atoms with Crippen LogP contribution in [0.2, 0.25) is 0 Å². The number of carbonyl (C=O) groups excluding carboxylic acids is 1. The first kappa shape index (κ1) is 17.2. The van der Waals surface area contributed by atoms with Crippen LogP contribution in [0.25, 0.3) is 0 Å². The van der Waals surface area contributed by atoms with Crippen LogP contribution in [0.1, 0.15) is 23.2 Å². The van der Waals surface area contributed by atoms with Crippen LogP contribution in [0, 0.1) is 0 Å². The van der Waals surface area contributed by atoms with Crippen molar-refractivity contribution in [2.24, 2.45) is 0 Å². The summed E-state index contributed by atoms with van der Waals surface area (Å²) in [5.41, 5.74) is 6.30. The maximum absolute atomic E-state index is 11.5. The van der Waals surface area contributed by atoms with Crippen molar-refractivity contribution in [3.05, 3.63) is 17.8 Å². The molecule has 0 aliphatic rings. The molecule has 0 radical (unpaired) electrons. The van der Waals surface area contributed by atoms with E-state index in [9.17, 15) is 4.79 Å². The summed E-state index contributed by atoms with van der Waals surface area (Å²) >= 11 is 0. The Kier molecular flexibility index (Phi) is 8.15. The first-order valence-corrected chi connectivity index (χ1v) is 6.83. The number of rotatable bonds is 10. The molecule has 0 atom stereocenters. The van der Waals surface area contributed by atoms with Gasteiger partial charge in [-0.15, -0.1) is 0 Å². The molecule has 0 aromatic carbocycles. The third kappa shape index (κ3) is 6.42. The lowest BCUT2D eigenvalue weighted by Crippen LogP contribution is -2.10. The predicted molar refractivity (Wildman–Crippen MR) is 80.4 cm³/mol. The summed E-state index contributed by atoms with van der Waals surface area (Å²) in [6.07, 6.45) is 3.32. The van der Waals surface area contributed by atoms with Crippen molar-refractivity contribution in [2.75, 3.05) is 51.6 Å². The highest BCUT2D eigenvalue weighted by Crippen LogP contribution is 2.15. The average Bonchev–Trinajstić information content (AvgIpc) is 2.50. The highest BCUT2D eigenvalue weighted by Gasteiger charge is 2.11. The summed E-state index contributed by atoms with van der Waals surface area (Å²) in [5, 5.41) is 3.14. The number of nitrogen functional groups attached to an aromatic ring is 1. The van der Waals surface area contributed by atoms with Gasteiger partial charge >= 0.3 is 5.97 Å². The number of unbranched alkanes of at least 4 members (excludes halogenated alkanes) is 1. The highest BCUT2D eigenvalue weighted by atomic mass is 16.5. The molecule has 3 N–H and O–H groups in total. The molecule has 0 aliphatic heterocycles. The predicted octanol–water partition coefficient (Wildman–Crippen LogP) is 1.31. The molecule has 0 spiro atoms. The van der Waals surface area contributed by atoms with Crippen molar-refractivity contribution in [2.45, 2.75) is 12.8 Å². The monoisotopic (exact) mass is 297 g/mol. The molecule has 7 nitrogen and oxygen atoms in total. The lowest BCUT2D eigenvalue weighted by Gasteiger charge is -2.09. The number of anilines is 2. The number of hydrogen-bond donors (Lipinski definition) is 2. The molecule has 21 heavy (non-hydrogen) atoms. The van der Waals surface area contributed by atoms with E-state index < -0.39 is 5.97 Å². The zero-order chi connectivity index (χ0) is 15.5. The summed E-state index contributed by atoms with van der Waals surface area (Å²) in [4.78, 5) is 15.6. The Morgan fingerprint density at radius 3 is 2.81 bits per heavy atom. The molecule has 0 bridgehead atoms. The Bertz CT molecular complexity index is 440. The highest BCUT2D eigenvalue weighted by molar-refractivity contribution is 5.95. The Hall–Kier alpha value is -1.86. The van der Waals surface area contributed by atoms with Crippen molar-refractivity contribution in [3.63, 3.8) is 0 Å². The number of hydrogen-bond acceptors (Lipinski definition) is 7. The van der Waals surface area contributed by atoms with E-state index >= 15 is 0 Å². The molecule has 7 heteroatoms. The van der Waals surface area contributed by atoms with E-state index in [4.69, 9.17) is 15.2 Å². The first-order valence-electron chi connectivity index (χ1n) is 6.83. The first-order chi connectivity index (χ1) is 10.2. The van der Waals surface area contributed by atoms with Crippen molar-refractivity contribution >= 4 is 17.5 Å². The van der Waals surface area contributed by atoms with E-state index in [1.165, 1.54) is 13.3 Å². The van der Waals surface area contributed by atoms with Gasteiger partial charge in [0, 0.05) is 20.3 Å². The summed E-state index contributed by atoms with van der Waals surface area (Å²) in [7, 11) is 2.97. The van der Waals surface area contributed by atoms with Gasteiger partial charge in [0.25, 0.3) is 0 Å². The Labute approximate surface area is 124 Å². The number of pyridine rings is 1. The van der Waals surface area contributed by atoms with Gasteiger partial charge in [0.15, 0.2) is 0 Å². The van der Waals surface area contributed by atoms with E-state index in [-0.39, 0.29) is 0 Å². The molecular formula is C14H23N3O4. The van der Waals surface area contributed by atoms with E-state index in [0.29, 0.717) is 36.9 Å². The van der Waals surface area contributed by atoms with Crippen molar-refractivity contribution in [1.29, 1.82) is 0 Å². The molecule has 0 unspecified atom stereocenters. The smallest absolute Gasteiger partial charge is 0.340 e. The maximum atomic E-state index is 11.5. The largest absolute Gasteiger partial charge is 0.465 e. The standard InChI is InChI=1S/C14H23N3O4/c1-19-7-8-21-6-4-3-5-16-13-9-11(14(18)20-2)12(15)10-17-13/h9-10H,3-8,15H2,1-2H3,(H,16,17). The third-order valence-corrected chi connectivity index (χ3v) is 2.79. The summed E-state index contributed by atoms with van der Waals surface area (Å²) < 4.78 is 14.9. The van der Waals surface area contributed by atoms with Gasteiger partial charge in [-0.25, -0.2) is 9.78 Å². The van der Waals surface area contributed by atoms with E-state index in [1.807, 2.05) is 0 Å². The van der Waals surface area contributed by atoms with Crippen LogP contribution in [-0.2, 0) is 14.2 Å². The number of carbonyl (C=O) groups is 1. The lowest BCUT2D eigenvalue weighted by atomic mass is 10.2. The van der Waals surface area contributed by atoms with E-state index in [0.717, 1.165) is 19.4 Å². The molecule has 1 aromatic heterocycles. The van der Waals surface area contributed by atoms with Gasteiger partial charge in [0.2, 0.25) is 0 Å². The minimum Gasteiger partial charge on any atom is -0.465 e. The van der Waals surface area contributed by atoms with Crippen molar-refractivity contribution < 1.29 is 19.0 Å². The van der Waals surface area contributed by atoms with Crippen molar-refractivity contribution in [3.8, 4) is 0 Å². The second-order valence-electron chi connectivity index (χ2n) is 4.39. The van der Waals surface area contributed by atoms with Gasteiger partial charge in [-0.2, -0.15) is 0 Å². The Balaban J connectivity index is 2.28. The van der Waals surface area contributed by atoms with Crippen LogP contribution in [-0.4, -0.2) is 51.5 Å². The molecule has 1 aromatic rings. The summed E-state index contributed by atoms with van der Waals surface area (Å²) in [6, 6.07) is 1.59. The topological polar surface area (TPSA) is 95.7 Å². The second-order valence-corrected chi connectivity index (χ2v) is 4.39. The molecule has 118 valence electrons. The Morgan fingerprint density at radius 1 is 1.29 bits per heavy atom. The number of nitrogens with zero attached hydrogens (tertiary/aromatic N) is 1. The van der Waals surface area contributed by atoms with Crippen molar-refractivity contribution in [1.82, 2.24) is 4.98 Å². The van der Waals surface area contributed by atoms with Crippen LogP contribution < -0.4 is 11.1 Å². The molecule has 1 heterocycles. The molecule has 0 fully saturated rings. The minimum absolute atomic E-state index is 0.305. The average molecular weight is 297 g/mol. The Morgan fingerprint density at radius 2 is 2.10 bits per heavy atom. The fourth-order valence-electron chi connectivity index (χ4n) is 1.64. The SMILES string of the molecule is COCCOCCCCNc1cc(C(=O)OC)c(N)cn1. The molecule has 1 rings (SSSR count). The van der Waals surface area contributed by atoms with Gasteiger partial charge in [0.05, 0.1) is 37.8 Å². The van der Waals surface area contributed by atoms with Gasteiger partial charge in [-0.05, 0) is 18.9 Å². The zero-order valence-electron chi connectivity index (χ0n) is 12.6. The fourth-order valence-corrected chi connectivity index (χ4v) is 1.64. The normalized spacial score (nSPS) is 10.4. The third-order valence-electron chi connectivity index (χ3n) is 2.79. The van der Waals surface area contributed by atoms with Gasteiger partial charge in [-0.1, -0.05) is 0 Å². The minimum atomic E-state index is -0.468. The molecular weight excluding hydrogens is 274 g/mol. The summed E-state index contributed by atoms with van der Waals surface area (Å²) in [6.45, 7) is 2.68. The molecule has 0 amide bonds. The van der Waals surface area contributed by atoms with Crippen LogP contribution in [0.5, 0.6) is 0 Å². The number of methoxy groups -OCH3 is 2. The second kappa shape index (κ2) is 9.95. The fraction of sp³-hybridized carbons (Fsp3) is 0.571. The summed E-state index contributed by atoms with van der Waals surface area (Å²) in [5.74, 6) is 0.134. The number of nitrogens with two attached hydrogens (primary N) is 1. The number of esters is 1. The van der Waals surface area contributed by atoms with E-state index in [1.54, 1.807) is 13.2 Å².